The summed E-state index contributed by atoms with van der Waals surface area (Å²) in [4.78, 5) is 79.8. The second-order valence-corrected chi connectivity index (χ2v) is 27.4. The van der Waals surface area contributed by atoms with Crippen LogP contribution in [0.2, 0.25) is 0 Å². The molecule has 18 nitrogen and oxygen atoms in total. The highest BCUT2D eigenvalue weighted by Gasteiger charge is 2.27. The third kappa shape index (κ3) is 19.9. The van der Waals surface area contributed by atoms with Gasteiger partial charge in [-0.2, -0.15) is 34.0 Å². The van der Waals surface area contributed by atoms with E-state index in [2.05, 4.69) is 31.9 Å². The minimum absolute atomic E-state index is 0.00372. The standard InChI is InChI=1S/C52H58N6O12S6/c1-74(65,66)25-19-43(56-46(59)28-34-16-22-71-31-34)50(62)53-40-10-4-37(5-11-40)49(38-6-12-41(13-7-38)54-51(63)44(20-26-75(2,67)68)57-47(60)29-35-17-23-72-32-35)39-8-14-42(15-9-39)55-52(64)45(21-27-76(3,69)70)58-48(61)30-36-18-24-73-33-36/h4-18,22-24,31-33,43-45,49H,19-21,25-30H2,1-3H3,(H,53,62)(H,54,63)(H,55,64)(H,56,59)(H,57,60)(H,58,61)/t43-,44-,45-/m0/s1. The zero-order valence-corrected chi connectivity index (χ0v) is 46.5. The Kier molecular flexibility index (Phi) is 20.8. The summed E-state index contributed by atoms with van der Waals surface area (Å²) in [5.74, 6) is -4.79. The van der Waals surface area contributed by atoms with Crippen molar-refractivity contribution in [1.29, 1.82) is 0 Å². The molecule has 6 aromatic rings. The first-order valence-electron chi connectivity index (χ1n) is 23.6. The fraction of sp³-hybridized carbons (Fsp3) is 0.308. The number of amides is 6. The lowest BCUT2D eigenvalue weighted by Gasteiger charge is -2.22. The quantitative estimate of drug-likeness (QED) is 0.0356. The molecule has 6 rings (SSSR count). The van der Waals surface area contributed by atoms with Gasteiger partial charge in [-0.3, -0.25) is 28.8 Å². The molecule has 0 unspecified atom stereocenters. The van der Waals surface area contributed by atoms with Crippen LogP contribution >= 0.6 is 34.0 Å². The molecule has 0 aliphatic heterocycles. The summed E-state index contributed by atoms with van der Waals surface area (Å²) in [5, 5.41) is 27.3. The fourth-order valence-corrected chi connectivity index (χ4v) is 11.8. The molecule has 6 amide bonds. The minimum atomic E-state index is -3.49. The van der Waals surface area contributed by atoms with Crippen LogP contribution in [-0.2, 0) is 77.5 Å². The number of carbonyl (C=O) groups excluding carboxylic acids is 6. The van der Waals surface area contributed by atoms with Gasteiger partial charge in [0.2, 0.25) is 35.4 Å². The maximum Gasteiger partial charge on any atom is 0.246 e. The number of thiophene rings is 3. The van der Waals surface area contributed by atoms with Crippen molar-refractivity contribution in [3.63, 3.8) is 0 Å². The van der Waals surface area contributed by atoms with E-state index in [0.29, 0.717) is 33.8 Å². The second-order valence-electron chi connectivity index (χ2n) is 18.3. The highest BCUT2D eigenvalue weighted by Crippen LogP contribution is 2.34. The van der Waals surface area contributed by atoms with Crippen LogP contribution in [-0.4, -0.2) is 115 Å². The third-order valence-electron chi connectivity index (χ3n) is 11.7. The molecule has 0 radical (unpaired) electrons. The molecule has 3 aromatic heterocycles. The van der Waals surface area contributed by atoms with Crippen LogP contribution < -0.4 is 31.9 Å². The van der Waals surface area contributed by atoms with Gasteiger partial charge in [0.1, 0.15) is 47.6 Å². The van der Waals surface area contributed by atoms with E-state index in [-0.39, 0.29) is 55.8 Å². The fourth-order valence-electron chi connectivity index (χ4n) is 7.82. The number of hydrogen-bond acceptors (Lipinski definition) is 15. The summed E-state index contributed by atoms with van der Waals surface area (Å²) in [5.41, 5.74) is 5.43. The van der Waals surface area contributed by atoms with Crippen molar-refractivity contribution in [3.8, 4) is 0 Å². The summed E-state index contributed by atoms with van der Waals surface area (Å²) < 4.78 is 72.6. The SMILES string of the molecule is CS(=O)(=O)CC[C@H](NC(=O)Cc1ccsc1)C(=O)Nc1ccc(C(c2ccc(NC(=O)[C@H](CCS(C)(=O)=O)NC(=O)Cc3ccsc3)cc2)c2ccc(NC(=O)[C@H](CCS(C)(=O)=O)NC(=O)Cc3ccsc3)cc2)cc1. The maximum atomic E-state index is 13.7. The molecular formula is C52H58N6O12S6. The van der Waals surface area contributed by atoms with E-state index in [9.17, 15) is 54.0 Å². The smallest absolute Gasteiger partial charge is 0.246 e. The summed E-state index contributed by atoms with van der Waals surface area (Å²) in [6.07, 6.45) is 2.66. The first-order valence-corrected chi connectivity index (χ1v) is 32.6. The van der Waals surface area contributed by atoms with Gasteiger partial charge in [0.05, 0.1) is 36.5 Å². The van der Waals surface area contributed by atoms with Crippen molar-refractivity contribution >= 4 is 116 Å². The van der Waals surface area contributed by atoms with E-state index in [1.165, 1.54) is 34.0 Å². The molecule has 76 heavy (non-hydrogen) atoms. The van der Waals surface area contributed by atoms with Crippen molar-refractivity contribution in [1.82, 2.24) is 16.0 Å². The number of nitrogens with one attached hydrogen (secondary N) is 6. The van der Waals surface area contributed by atoms with Crippen LogP contribution in [0.3, 0.4) is 0 Å². The van der Waals surface area contributed by atoms with Crippen LogP contribution in [0.15, 0.2) is 123 Å². The number of benzene rings is 3. The zero-order chi connectivity index (χ0) is 55.0. The summed E-state index contributed by atoms with van der Waals surface area (Å²) in [6.45, 7) is 0. The molecule has 3 aromatic carbocycles. The zero-order valence-electron chi connectivity index (χ0n) is 41.6. The highest BCUT2D eigenvalue weighted by atomic mass is 32.2. The van der Waals surface area contributed by atoms with Gasteiger partial charge >= 0.3 is 0 Å². The molecule has 0 aliphatic carbocycles. The Bertz CT molecular complexity index is 2930. The number of sulfone groups is 3. The minimum Gasteiger partial charge on any atom is -0.344 e. The van der Waals surface area contributed by atoms with Crippen LogP contribution in [0, 0.1) is 0 Å². The Morgan fingerprint density at radius 2 is 0.645 bits per heavy atom. The van der Waals surface area contributed by atoms with Gasteiger partial charge in [0.15, 0.2) is 0 Å². The predicted octanol–water partition coefficient (Wildman–Crippen LogP) is 5.35. The van der Waals surface area contributed by atoms with Gasteiger partial charge in [0, 0.05) is 41.7 Å². The van der Waals surface area contributed by atoms with Crippen molar-refractivity contribution in [2.75, 3.05) is 52.0 Å². The summed E-state index contributed by atoms with van der Waals surface area (Å²) >= 11 is 4.24. The van der Waals surface area contributed by atoms with E-state index in [1.807, 2.05) is 16.1 Å². The van der Waals surface area contributed by atoms with Gasteiger partial charge in [0.25, 0.3) is 0 Å². The number of hydrogen-bond donors (Lipinski definition) is 6. The molecule has 0 bridgehead atoms. The Morgan fingerprint density at radius 1 is 0.395 bits per heavy atom. The monoisotopic (exact) mass is 1150 g/mol. The van der Waals surface area contributed by atoms with Crippen LogP contribution in [0.1, 0.15) is 58.6 Å². The van der Waals surface area contributed by atoms with E-state index in [0.717, 1.165) is 35.5 Å². The average Bonchev–Trinajstić information content (AvgIpc) is 4.18. The molecule has 3 atom stereocenters. The van der Waals surface area contributed by atoms with Crippen molar-refractivity contribution < 1.29 is 54.0 Å². The van der Waals surface area contributed by atoms with E-state index >= 15 is 0 Å². The van der Waals surface area contributed by atoms with E-state index in [1.54, 1.807) is 107 Å². The molecule has 0 saturated carbocycles. The molecule has 404 valence electrons. The van der Waals surface area contributed by atoms with Crippen molar-refractivity contribution in [2.24, 2.45) is 0 Å². The van der Waals surface area contributed by atoms with Gasteiger partial charge in [-0.25, -0.2) is 25.3 Å². The second kappa shape index (κ2) is 27.0. The predicted molar refractivity (Wildman–Crippen MR) is 299 cm³/mol. The lowest BCUT2D eigenvalue weighted by atomic mass is 9.85. The Balaban J connectivity index is 1.25. The molecule has 3 heterocycles. The summed E-state index contributed by atoms with van der Waals surface area (Å²) in [6, 6.07) is 22.3. The van der Waals surface area contributed by atoms with E-state index in [4.69, 9.17) is 0 Å². The first kappa shape index (κ1) is 58.7. The number of anilines is 3. The Hall–Kier alpha value is -6.57. The molecule has 6 N–H and O–H groups in total. The van der Waals surface area contributed by atoms with Crippen molar-refractivity contribution in [3.05, 3.63) is 157 Å². The molecule has 0 spiro atoms. The normalized spacial score (nSPS) is 12.9. The highest BCUT2D eigenvalue weighted by molar-refractivity contribution is 7.91. The van der Waals surface area contributed by atoms with Gasteiger partial charge < -0.3 is 31.9 Å². The van der Waals surface area contributed by atoms with Gasteiger partial charge in [-0.1, -0.05) is 36.4 Å². The Morgan fingerprint density at radius 3 is 0.855 bits per heavy atom. The van der Waals surface area contributed by atoms with Crippen LogP contribution in [0.25, 0.3) is 0 Å². The topological polar surface area (TPSA) is 277 Å². The number of rotatable bonds is 27. The molecular weight excluding hydrogens is 1090 g/mol. The summed E-state index contributed by atoms with van der Waals surface area (Å²) in [7, 11) is -10.5. The van der Waals surface area contributed by atoms with Gasteiger partial charge in [-0.05, 0) is 140 Å². The van der Waals surface area contributed by atoms with Gasteiger partial charge in [-0.15, -0.1) is 0 Å². The molecule has 24 heteroatoms. The third-order valence-corrected chi connectivity index (χ3v) is 16.8. The van der Waals surface area contributed by atoms with Crippen LogP contribution in [0.4, 0.5) is 17.1 Å². The average molecular weight is 1150 g/mol. The largest absolute Gasteiger partial charge is 0.344 e. The molecule has 0 aliphatic rings. The van der Waals surface area contributed by atoms with E-state index < -0.39 is 89.0 Å². The Labute approximate surface area is 454 Å². The lowest BCUT2D eigenvalue weighted by Crippen LogP contribution is -2.45. The lowest BCUT2D eigenvalue weighted by molar-refractivity contribution is -0.126. The van der Waals surface area contributed by atoms with Crippen LogP contribution in [0.5, 0.6) is 0 Å². The molecule has 0 saturated heterocycles. The molecule has 0 fully saturated rings. The maximum absolute atomic E-state index is 13.7. The number of carbonyl (C=O) groups is 6. The van der Waals surface area contributed by atoms with Crippen molar-refractivity contribution in [2.45, 2.75) is 62.6 Å². The first-order chi connectivity index (χ1) is 35.9.